The molecule has 0 aliphatic carbocycles. The standard InChI is InChI=1S/C26H26N4O2S2/c31-23(27-24(19-9-3-1-4-10-19)20-11-5-2-6-12-20)18-34-26-29-28-25(22-14-8-16-33-22)30(26)17-21-13-7-15-32-21/h1-6,8-12,14,16,21,24H,7,13,15,17-18H2,(H,27,31)/t21-/m1/s1. The summed E-state index contributed by atoms with van der Waals surface area (Å²) in [6.07, 6.45) is 2.26. The van der Waals surface area contributed by atoms with Crippen LogP contribution in [0.1, 0.15) is 30.0 Å². The van der Waals surface area contributed by atoms with Crippen LogP contribution in [-0.2, 0) is 16.1 Å². The Morgan fingerprint density at radius 2 is 1.79 bits per heavy atom. The third-order valence-corrected chi connectivity index (χ3v) is 7.60. The van der Waals surface area contributed by atoms with Crippen molar-refractivity contribution >= 4 is 29.0 Å². The van der Waals surface area contributed by atoms with Gasteiger partial charge in [0.15, 0.2) is 11.0 Å². The lowest BCUT2D eigenvalue weighted by Gasteiger charge is -2.20. The van der Waals surface area contributed by atoms with Gasteiger partial charge in [-0.05, 0) is 35.4 Å². The van der Waals surface area contributed by atoms with Gasteiger partial charge in [0, 0.05) is 6.61 Å². The minimum atomic E-state index is -0.207. The molecule has 8 heteroatoms. The molecule has 0 radical (unpaired) electrons. The van der Waals surface area contributed by atoms with Crippen molar-refractivity contribution in [2.24, 2.45) is 0 Å². The fourth-order valence-electron chi connectivity index (χ4n) is 4.12. The summed E-state index contributed by atoms with van der Waals surface area (Å²) in [5, 5.41) is 14.9. The Balaban J connectivity index is 1.31. The van der Waals surface area contributed by atoms with Gasteiger partial charge in [0.25, 0.3) is 0 Å². The number of carbonyl (C=O) groups is 1. The number of benzene rings is 2. The van der Waals surface area contributed by atoms with Gasteiger partial charge in [0.05, 0.1) is 29.3 Å². The van der Waals surface area contributed by atoms with Crippen LogP contribution in [0.5, 0.6) is 0 Å². The smallest absolute Gasteiger partial charge is 0.231 e. The number of hydrogen-bond acceptors (Lipinski definition) is 6. The quantitative estimate of drug-likeness (QED) is 0.327. The maximum atomic E-state index is 13.1. The first-order chi connectivity index (χ1) is 16.8. The van der Waals surface area contributed by atoms with Crippen molar-refractivity contribution in [1.82, 2.24) is 20.1 Å². The lowest BCUT2D eigenvalue weighted by molar-refractivity contribution is -0.119. The highest BCUT2D eigenvalue weighted by Gasteiger charge is 2.23. The van der Waals surface area contributed by atoms with E-state index < -0.39 is 0 Å². The van der Waals surface area contributed by atoms with Crippen molar-refractivity contribution < 1.29 is 9.53 Å². The second kappa shape index (κ2) is 11.0. The van der Waals surface area contributed by atoms with E-state index in [9.17, 15) is 4.79 Å². The molecule has 1 N–H and O–H groups in total. The lowest BCUT2D eigenvalue weighted by atomic mass is 9.99. The highest BCUT2D eigenvalue weighted by Crippen LogP contribution is 2.29. The monoisotopic (exact) mass is 490 g/mol. The van der Waals surface area contributed by atoms with E-state index in [4.69, 9.17) is 4.74 Å². The minimum absolute atomic E-state index is 0.0490. The molecule has 1 fully saturated rings. The molecule has 1 saturated heterocycles. The zero-order chi connectivity index (χ0) is 23.2. The van der Waals surface area contributed by atoms with E-state index in [-0.39, 0.29) is 23.8 Å². The van der Waals surface area contributed by atoms with Gasteiger partial charge in [0.2, 0.25) is 5.91 Å². The summed E-state index contributed by atoms with van der Waals surface area (Å²) in [4.78, 5) is 14.1. The first kappa shape index (κ1) is 22.8. The summed E-state index contributed by atoms with van der Waals surface area (Å²) in [7, 11) is 0. The van der Waals surface area contributed by atoms with Gasteiger partial charge in [-0.3, -0.25) is 9.36 Å². The van der Waals surface area contributed by atoms with Crippen molar-refractivity contribution in [2.45, 2.75) is 36.7 Å². The van der Waals surface area contributed by atoms with E-state index in [0.717, 1.165) is 46.4 Å². The minimum Gasteiger partial charge on any atom is -0.376 e. The van der Waals surface area contributed by atoms with Crippen LogP contribution in [0, 0.1) is 0 Å². The van der Waals surface area contributed by atoms with Gasteiger partial charge < -0.3 is 10.1 Å². The Bertz CT molecular complexity index is 1150. The van der Waals surface area contributed by atoms with E-state index in [0.29, 0.717) is 6.54 Å². The molecule has 1 aliphatic heterocycles. The van der Waals surface area contributed by atoms with Crippen LogP contribution in [0.3, 0.4) is 0 Å². The van der Waals surface area contributed by atoms with Crippen LogP contribution < -0.4 is 5.32 Å². The van der Waals surface area contributed by atoms with Crippen LogP contribution in [0.15, 0.2) is 83.3 Å². The predicted octanol–water partition coefficient (Wildman–Crippen LogP) is 5.18. The third kappa shape index (κ3) is 5.41. The Kier molecular flexibility index (Phi) is 7.38. The zero-order valence-corrected chi connectivity index (χ0v) is 20.3. The SMILES string of the molecule is O=C(CSc1nnc(-c2cccs2)n1C[C@H]1CCCO1)NC(c1ccccc1)c1ccccc1. The molecule has 2 aromatic carbocycles. The number of hydrogen-bond donors (Lipinski definition) is 1. The Labute approximate surface area is 207 Å². The molecule has 2 aromatic heterocycles. The van der Waals surface area contributed by atoms with Crippen molar-refractivity contribution in [3.8, 4) is 10.7 Å². The molecule has 1 amide bonds. The molecule has 3 heterocycles. The van der Waals surface area contributed by atoms with Gasteiger partial charge in [0.1, 0.15) is 0 Å². The number of nitrogens with one attached hydrogen (secondary N) is 1. The highest BCUT2D eigenvalue weighted by atomic mass is 32.2. The van der Waals surface area contributed by atoms with Crippen molar-refractivity contribution in [2.75, 3.05) is 12.4 Å². The number of ether oxygens (including phenoxy) is 1. The second-order valence-corrected chi connectivity index (χ2v) is 10.0. The molecule has 34 heavy (non-hydrogen) atoms. The lowest BCUT2D eigenvalue weighted by Crippen LogP contribution is -2.30. The fourth-order valence-corrected chi connectivity index (χ4v) is 5.60. The summed E-state index contributed by atoms with van der Waals surface area (Å²) in [5.41, 5.74) is 2.10. The second-order valence-electron chi connectivity index (χ2n) is 8.14. The largest absolute Gasteiger partial charge is 0.376 e. The number of thioether (sulfide) groups is 1. The Morgan fingerprint density at radius 1 is 1.06 bits per heavy atom. The molecule has 6 nitrogen and oxygen atoms in total. The van der Waals surface area contributed by atoms with Crippen LogP contribution in [0.25, 0.3) is 10.7 Å². The summed E-state index contributed by atoms with van der Waals surface area (Å²) in [6.45, 7) is 1.49. The van der Waals surface area contributed by atoms with Crippen LogP contribution in [0.4, 0.5) is 0 Å². The number of carbonyl (C=O) groups excluding carboxylic acids is 1. The van der Waals surface area contributed by atoms with E-state index >= 15 is 0 Å². The maximum Gasteiger partial charge on any atom is 0.231 e. The van der Waals surface area contributed by atoms with E-state index in [1.165, 1.54) is 11.8 Å². The first-order valence-corrected chi connectivity index (χ1v) is 13.2. The first-order valence-electron chi connectivity index (χ1n) is 11.4. The van der Waals surface area contributed by atoms with E-state index in [1.54, 1.807) is 11.3 Å². The summed E-state index contributed by atoms with van der Waals surface area (Å²) in [6, 6.07) is 23.9. The number of thiophene rings is 1. The van der Waals surface area contributed by atoms with Gasteiger partial charge >= 0.3 is 0 Å². The number of amides is 1. The normalized spacial score (nSPS) is 15.6. The molecular weight excluding hydrogens is 464 g/mol. The topological polar surface area (TPSA) is 69.0 Å². The number of nitrogens with zero attached hydrogens (tertiary/aromatic N) is 3. The molecular formula is C26H26N4O2S2. The average Bonchev–Trinajstić information content (AvgIpc) is 3.65. The Hall–Kier alpha value is -2.94. The number of aromatic nitrogens is 3. The molecule has 174 valence electrons. The van der Waals surface area contributed by atoms with Gasteiger partial charge in [-0.1, -0.05) is 78.5 Å². The van der Waals surface area contributed by atoms with Crippen molar-refractivity contribution in [3.63, 3.8) is 0 Å². The van der Waals surface area contributed by atoms with Crippen LogP contribution >= 0.6 is 23.1 Å². The molecule has 1 atom stereocenters. The number of rotatable bonds is 9. The van der Waals surface area contributed by atoms with Crippen molar-refractivity contribution in [1.29, 1.82) is 0 Å². The average molecular weight is 491 g/mol. The Morgan fingerprint density at radius 3 is 2.41 bits per heavy atom. The molecule has 0 spiro atoms. The molecule has 4 aromatic rings. The molecule has 0 unspecified atom stereocenters. The van der Waals surface area contributed by atoms with E-state index in [2.05, 4.69) is 20.1 Å². The molecule has 1 aliphatic rings. The molecule has 0 bridgehead atoms. The summed E-state index contributed by atoms with van der Waals surface area (Å²) >= 11 is 3.05. The van der Waals surface area contributed by atoms with Crippen molar-refractivity contribution in [3.05, 3.63) is 89.3 Å². The molecule has 5 rings (SSSR count). The predicted molar refractivity (Wildman–Crippen MR) is 136 cm³/mol. The summed E-state index contributed by atoms with van der Waals surface area (Å²) in [5.74, 6) is 1.04. The van der Waals surface area contributed by atoms with Crippen LogP contribution in [0.2, 0.25) is 0 Å². The third-order valence-electron chi connectivity index (χ3n) is 5.77. The van der Waals surface area contributed by atoms with E-state index in [1.807, 2.05) is 78.2 Å². The zero-order valence-electron chi connectivity index (χ0n) is 18.7. The van der Waals surface area contributed by atoms with Crippen LogP contribution in [-0.4, -0.2) is 39.1 Å². The molecule has 0 saturated carbocycles. The van der Waals surface area contributed by atoms with Gasteiger partial charge in [-0.2, -0.15) is 0 Å². The fraction of sp³-hybridized carbons (Fsp3) is 0.269. The van der Waals surface area contributed by atoms with Gasteiger partial charge in [-0.25, -0.2) is 0 Å². The maximum absolute atomic E-state index is 13.1. The summed E-state index contributed by atoms with van der Waals surface area (Å²) < 4.78 is 7.97. The van der Waals surface area contributed by atoms with Gasteiger partial charge in [-0.15, -0.1) is 21.5 Å². The highest BCUT2D eigenvalue weighted by molar-refractivity contribution is 7.99.